The van der Waals surface area contributed by atoms with Gasteiger partial charge in [-0.05, 0) is 62.2 Å². The third-order valence-corrected chi connectivity index (χ3v) is 8.57. The predicted octanol–water partition coefficient (Wildman–Crippen LogP) is 4.03. The molecule has 1 heterocycles. The zero-order valence-corrected chi connectivity index (χ0v) is 23.4. The number of carbonyl (C=O) groups excluding carboxylic acids is 2. The van der Waals surface area contributed by atoms with Crippen LogP contribution in [0.5, 0.6) is 0 Å². The molecule has 3 aromatic rings. The van der Waals surface area contributed by atoms with E-state index in [0.29, 0.717) is 11.3 Å². The number of anilines is 1. The van der Waals surface area contributed by atoms with Crippen molar-refractivity contribution in [3.05, 3.63) is 95.3 Å². The second kappa shape index (κ2) is 12.5. The van der Waals surface area contributed by atoms with Crippen molar-refractivity contribution in [3.63, 3.8) is 0 Å². The van der Waals surface area contributed by atoms with Crippen LogP contribution in [0.25, 0.3) is 0 Å². The second-order valence-corrected chi connectivity index (χ2v) is 11.8. The van der Waals surface area contributed by atoms with E-state index < -0.39 is 52.4 Å². The Labute approximate surface area is 237 Å². The molecule has 3 N–H and O–H groups in total. The van der Waals surface area contributed by atoms with Crippen molar-refractivity contribution in [3.8, 4) is 0 Å². The smallest absolute Gasteiger partial charge is 0.323 e. The summed E-state index contributed by atoms with van der Waals surface area (Å²) in [5.41, 5.74) is 2.77. The van der Waals surface area contributed by atoms with Gasteiger partial charge in [0.2, 0.25) is 10.0 Å². The predicted molar refractivity (Wildman–Crippen MR) is 150 cm³/mol. The molecule has 3 amide bonds. The minimum Gasteiger partial charge on any atom is -0.481 e. The molecule has 1 saturated heterocycles. The van der Waals surface area contributed by atoms with Crippen molar-refractivity contribution in [2.45, 2.75) is 43.8 Å². The summed E-state index contributed by atoms with van der Waals surface area (Å²) in [5, 5.41) is 14.9. The Kier molecular flexibility index (Phi) is 9.04. The third-order valence-electron chi connectivity index (χ3n) is 6.70. The average Bonchev–Trinajstić information content (AvgIpc) is 2.93. The number of rotatable bonds is 8. The van der Waals surface area contributed by atoms with Crippen LogP contribution in [0.2, 0.25) is 0 Å². The molecule has 41 heavy (non-hydrogen) atoms. The first-order chi connectivity index (χ1) is 19.5. The van der Waals surface area contributed by atoms with Gasteiger partial charge in [-0.1, -0.05) is 47.5 Å². The first-order valence-corrected chi connectivity index (χ1v) is 14.4. The number of nitrogens with one attached hydrogen (secondary N) is 2. The molecule has 10 nitrogen and oxygen atoms in total. The number of carboxylic acids is 1. The lowest BCUT2D eigenvalue weighted by Crippen LogP contribution is -2.64. The number of aliphatic carboxylic acids is 1. The van der Waals surface area contributed by atoms with Crippen LogP contribution in [-0.4, -0.2) is 59.9 Å². The highest BCUT2D eigenvalue weighted by Crippen LogP contribution is 2.27. The first kappa shape index (κ1) is 29.7. The Bertz CT molecular complexity index is 1530. The van der Waals surface area contributed by atoms with E-state index in [0.717, 1.165) is 44.6 Å². The average molecular weight is 583 g/mol. The lowest BCUT2D eigenvalue weighted by molar-refractivity contribution is -0.138. The second-order valence-electron chi connectivity index (χ2n) is 9.86. The number of hydrogen-bond acceptors (Lipinski definition) is 5. The Morgan fingerprint density at radius 3 is 2.29 bits per heavy atom. The zero-order valence-electron chi connectivity index (χ0n) is 22.6. The molecule has 0 aliphatic carbocycles. The highest BCUT2D eigenvalue weighted by atomic mass is 32.2. The number of amides is 3. The molecule has 3 aromatic carbocycles. The summed E-state index contributed by atoms with van der Waals surface area (Å²) < 4.78 is 41.9. The van der Waals surface area contributed by atoms with Gasteiger partial charge in [-0.3, -0.25) is 14.5 Å². The largest absolute Gasteiger partial charge is 0.481 e. The minimum atomic E-state index is -4.38. The van der Waals surface area contributed by atoms with E-state index in [2.05, 4.69) is 10.6 Å². The van der Waals surface area contributed by atoms with E-state index in [9.17, 15) is 32.3 Å². The molecule has 216 valence electrons. The van der Waals surface area contributed by atoms with Gasteiger partial charge in [0.1, 0.15) is 5.82 Å². The first-order valence-electron chi connectivity index (χ1n) is 13.0. The van der Waals surface area contributed by atoms with Gasteiger partial charge in [-0.15, -0.1) is 0 Å². The molecule has 4 rings (SSSR count). The van der Waals surface area contributed by atoms with Gasteiger partial charge in [-0.25, -0.2) is 17.6 Å². The van der Waals surface area contributed by atoms with Crippen molar-refractivity contribution in [2.24, 2.45) is 0 Å². The van der Waals surface area contributed by atoms with Gasteiger partial charge in [-0.2, -0.15) is 4.31 Å². The third kappa shape index (κ3) is 7.08. The van der Waals surface area contributed by atoms with Crippen molar-refractivity contribution in [1.29, 1.82) is 0 Å². The van der Waals surface area contributed by atoms with Crippen molar-refractivity contribution in [2.75, 3.05) is 18.4 Å². The normalized spacial score (nSPS) is 16.6. The minimum absolute atomic E-state index is 0.0548. The number of carboxylic acid groups (broad SMARTS) is 1. The maximum absolute atomic E-state index is 13.9. The molecule has 1 fully saturated rings. The van der Waals surface area contributed by atoms with E-state index in [1.54, 1.807) is 42.5 Å². The number of halogens is 1. The van der Waals surface area contributed by atoms with E-state index in [1.165, 1.54) is 0 Å². The van der Waals surface area contributed by atoms with Gasteiger partial charge in [0, 0.05) is 18.8 Å². The van der Waals surface area contributed by atoms with Crippen LogP contribution in [0.3, 0.4) is 0 Å². The summed E-state index contributed by atoms with van der Waals surface area (Å²) >= 11 is 0. The summed E-state index contributed by atoms with van der Waals surface area (Å²) in [7, 11) is -4.38. The number of nitrogens with zero attached hydrogens (tertiary/aromatic N) is 2. The van der Waals surface area contributed by atoms with Crippen LogP contribution in [-0.2, 0) is 19.6 Å². The van der Waals surface area contributed by atoms with Crippen molar-refractivity contribution >= 4 is 33.6 Å². The lowest BCUT2D eigenvalue weighted by atomic mass is 10.0. The number of aryl methyl sites for hydroxylation is 2. The van der Waals surface area contributed by atoms with Gasteiger partial charge in [0.25, 0.3) is 5.91 Å². The van der Waals surface area contributed by atoms with Crippen LogP contribution in [0, 0.1) is 19.7 Å². The Balaban J connectivity index is 1.72. The fourth-order valence-corrected chi connectivity index (χ4v) is 6.26. The lowest BCUT2D eigenvalue weighted by Gasteiger charge is -2.42. The molecule has 0 saturated carbocycles. The van der Waals surface area contributed by atoms with Crippen molar-refractivity contribution < 1.29 is 32.3 Å². The van der Waals surface area contributed by atoms with Crippen LogP contribution in [0.1, 0.15) is 35.6 Å². The Morgan fingerprint density at radius 1 is 0.976 bits per heavy atom. The molecule has 1 aliphatic rings. The number of hydrogen-bond donors (Lipinski definition) is 3. The quantitative estimate of drug-likeness (QED) is 0.367. The van der Waals surface area contributed by atoms with Crippen LogP contribution < -0.4 is 10.6 Å². The molecule has 0 radical (unpaired) electrons. The van der Waals surface area contributed by atoms with Crippen LogP contribution in [0.15, 0.2) is 77.7 Å². The summed E-state index contributed by atoms with van der Waals surface area (Å²) in [6.45, 7) is 3.66. The number of carbonyl (C=O) groups is 3. The highest BCUT2D eigenvalue weighted by Gasteiger charge is 2.45. The van der Waals surface area contributed by atoms with Crippen LogP contribution in [0.4, 0.5) is 14.9 Å². The molecular weight excluding hydrogens is 551 g/mol. The molecule has 2 atom stereocenters. The maximum Gasteiger partial charge on any atom is 0.323 e. The summed E-state index contributed by atoms with van der Waals surface area (Å²) in [5.74, 6) is -2.68. The fraction of sp³-hybridized carbons (Fsp3) is 0.276. The van der Waals surface area contributed by atoms with E-state index in [1.807, 2.05) is 19.9 Å². The van der Waals surface area contributed by atoms with Gasteiger partial charge in [0.15, 0.2) is 6.17 Å². The number of benzene rings is 3. The van der Waals surface area contributed by atoms with Crippen LogP contribution >= 0.6 is 0 Å². The van der Waals surface area contributed by atoms with Crippen molar-refractivity contribution in [1.82, 2.24) is 14.5 Å². The molecule has 1 aliphatic heterocycles. The monoisotopic (exact) mass is 582 g/mol. The standard InChI is InChI=1S/C29H31FN4O6S/c1-19-7-11-23(12-8-19)31-29(38)33-15-4-16-34(41(39,40)24-13-9-22(30)10-14-24)28(33)27(37)32-25(18-26(35)36)21-6-3-5-20(2)17-21/h3,5-14,17,25,28H,4,15-16,18H2,1-2H3,(H,31,38)(H,32,37)(H,35,36). The fourth-order valence-electron chi connectivity index (χ4n) is 4.67. The SMILES string of the molecule is Cc1ccc(NC(=O)N2CCCN(S(=O)(=O)c3ccc(F)cc3)C2C(=O)NC(CC(=O)O)c2cccc(C)c2)cc1. The molecule has 0 aromatic heterocycles. The maximum atomic E-state index is 13.9. The van der Waals surface area contributed by atoms with E-state index >= 15 is 0 Å². The van der Waals surface area contributed by atoms with Gasteiger partial charge in [0.05, 0.1) is 17.4 Å². The Morgan fingerprint density at radius 2 is 1.66 bits per heavy atom. The summed E-state index contributed by atoms with van der Waals surface area (Å²) in [4.78, 5) is 39.9. The Hall–Kier alpha value is -4.29. The number of urea groups is 1. The van der Waals surface area contributed by atoms with E-state index in [4.69, 9.17) is 0 Å². The molecule has 2 unspecified atom stereocenters. The highest BCUT2D eigenvalue weighted by molar-refractivity contribution is 7.89. The number of sulfonamides is 1. The van der Waals surface area contributed by atoms with Gasteiger partial charge >= 0.3 is 12.0 Å². The summed E-state index contributed by atoms with van der Waals surface area (Å²) in [6, 6.07) is 16.3. The van der Waals surface area contributed by atoms with E-state index in [-0.39, 0.29) is 24.4 Å². The zero-order chi connectivity index (χ0) is 29.7. The summed E-state index contributed by atoms with van der Waals surface area (Å²) in [6.07, 6.45) is -1.89. The topological polar surface area (TPSA) is 136 Å². The molecule has 12 heteroatoms. The molecular formula is C29H31FN4O6S. The van der Waals surface area contributed by atoms with Gasteiger partial charge < -0.3 is 15.7 Å². The molecule has 0 spiro atoms. The molecule has 0 bridgehead atoms.